The summed E-state index contributed by atoms with van der Waals surface area (Å²) < 4.78 is 10.4. The third kappa shape index (κ3) is 4.36. The Bertz CT molecular complexity index is 424. The lowest BCUT2D eigenvalue weighted by atomic mass is 9.84. The summed E-state index contributed by atoms with van der Waals surface area (Å²) >= 11 is 0. The summed E-state index contributed by atoms with van der Waals surface area (Å²) in [6, 6.07) is 9.71. The molecule has 0 aliphatic carbocycles. The SMILES string of the molecule is COC(OC)C(C)(C)[C@H](O)CC#Cc1ccccc1. The summed E-state index contributed by atoms with van der Waals surface area (Å²) in [6.45, 7) is 3.80. The highest BCUT2D eigenvalue weighted by Gasteiger charge is 2.36. The van der Waals surface area contributed by atoms with E-state index in [0.29, 0.717) is 6.42 Å². The van der Waals surface area contributed by atoms with Crippen LogP contribution in [-0.2, 0) is 9.47 Å². The van der Waals surface area contributed by atoms with Gasteiger partial charge in [0.1, 0.15) is 0 Å². The fourth-order valence-electron chi connectivity index (χ4n) is 1.90. The minimum Gasteiger partial charge on any atom is -0.391 e. The van der Waals surface area contributed by atoms with E-state index < -0.39 is 17.8 Å². The van der Waals surface area contributed by atoms with Gasteiger partial charge in [-0.15, -0.1) is 0 Å². The third-order valence-corrected chi connectivity index (χ3v) is 3.20. The van der Waals surface area contributed by atoms with Gasteiger partial charge in [0.25, 0.3) is 0 Å². The highest BCUT2D eigenvalue weighted by molar-refractivity contribution is 5.33. The Kier molecular flexibility index (Phi) is 6.04. The summed E-state index contributed by atoms with van der Waals surface area (Å²) in [7, 11) is 3.14. The second-order valence-electron chi connectivity index (χ2n) is 5.01. The molecule has 0 aliphatic heterocycles. The van der Waals surface area contributed by atoms with Crippen LogP contribution in [0.15, 0.2) is 30.3 Å². The van der Waals surface area contributed by atoms with E-state index in [9.17, 15) is 5.11 Å². The molecule has 1 aromatic rings. The van der Waals surface area contributed by atoms with Crippen LogP contribution in [0.25, 0.3) is 0 Å². The van der Waals surface area contributed by atoms with Crippen LogP contribution in [0, 0.1) is 17.3 Å². The van der Waals surface area contributed by atoms with Gasteiger partial charge in [-0.05, 0) is 12.1 Å². The average molecular weight is 262 g/mol. The number of hydrogen-bond acceptors (Lipinski definition) is 3. The van der Waals surface area contributed by atoms with E-state index in [1.807, 2.05) is 44.2 Å². The van der Waals surface area contributed by atoms with E-state index in [0.717, 1.165) is 5.56 Å². The van der Waals surface area contributed by atoms with Gasteiger partial charge in [0.05, 0.1) is 6.10 Å². The van der Waals surface area contributed by atoms with Crippen LogP contribution < -0.4 is 0 Å². The molecule has 0 saturated heterocycles. The predicted molar refractivity (Wildman–Crippen MR) is 75.5 cm³/mol. The van der Waals surface area contributed by atoms with Crippen LogP contribution in [0.1, 0.15) is 25.8 Å². The van der Waals surface area contributed by atoms with E-state index in [1.54, 1.807) is 14.2 Å². The Morgan fingerprint density at radius 1 is 1.16 bits per heavy atom. The second-order valence-corrected chi connectivity index (χ2v) is 5.01. The fraction of sp³-hybridized carbons (Fsp3) is 0.500. The zero-order chi connectivity index (χ0) is 14.3. The Labute approximate surface area is 115 Å². The van der Waals surface area contributed by atoms with Gasteiger partial charge < -0.3 is 14.6 Å². The molecule has 0 aromatic heterocycles. The molecule has 1 atom stereocenters. The molecule has 0 fully saturated rings. The van der Waals surface area contributed by atoms with Crippen molar-refractivity contribution in [2.75, 3.05) is 14.2 Å². The monoisotopic (exact) mass is 262 g/mol. The fourth-order valence-corrected chi connectivity index (χ4v) is 1.90. The zero-order valence-electron chi connectivity index (χ0n) is 12.0. The minimum absolute atomic E-state index is 0.380. The number of rotatable bonds is 5. The Hall–Kier alpha value is -1.34. The van der Waals surface area contributed by atoms with Gasteiger partial charge in [-0.25, -0.2) is 0 Å². The lowest BCUT2D eigenvalue weighted by Crippen LogP contribution is -2.42. The lowest BCUT2D eigenvalue weighted by Gasteiger charge is -2.35. The maximum Gasteiger partial charge on any atom is 0.164 e. The highest BCUT2D eigenvalue weighted by Crippen LogP contribution is 2.29. The standard InChI is InChI=1S/C16H22O3/c1-16(2,15(18-3)19-4)14(17)12-8-11-13-9-6-5-7-10-13/h5-7,9-10,14-15,17H,12H2,1-4H3/t14-/m1/s1. The first-order chi connectivity index (χ1) is 9.02. The molecule has 1 rings (SSSR count). The molecule has 0 radical (unpaired) electrons. The van der Waals surface area contributed by atoms with Gasteiger partial charge >= 0.3 is 0 Å². The number of benzene rings is 1. The third-order valence-electron chi connectivity index (χ3n) is 3.20. The van der Waals surface area contributed by atoms with E-state index >= 15 is 0 Å². The normalized spacial score (nSPS) is 12.9. The largest absolute Gasteiger partial charge is 0.391 e. The molecule has 104 valence electrons. The highest BCUT2D eigenvalue weighted by atomic mass is 16.7. The maximum atomic E-state index is 10.2. The van der Waals surface area contributed by atoms with Crippen molar-refractivity contribution < 1.29 is 14.6 Å². The van der Waals surface area contributed by atoms with Crippen molar-refractivity contribution in [3.05, 3.63) is 35.9 Å². The first kappa shape index (κ1) is 15.7. The molecule has 0 heterocycles. The summed E-state index contributed by atoms with van der Waals surface area (Å²) in [5, 5.41) is 10.2. The van der Waals surface area contributed by atoms with E-state index in [2.05, 4.69) is 11.8 Å². The zero-order valence-corrected chi connectivity index (χ0v) is 12.0. The second kappa shape index (κ2) is 7.30. The molecule has 1 N–H and O–H groups in total. The summed E-state index contributed by atoms with van der Waals surface area (Å²) in [5.74, 6) is 6.03. The van der Waals surface area contributed by atoms with Crippen LogP contribution in [0.2, 0.25) is 0 Å². The average Bonchev–Trinajstić information content (AvgIpc) is 2.41. The molecule has 3 nitrogen and oxygen atoms in total. The summed E-state index contributed by atoms with van der Waals surface area (Å²) in [4.78, 5) is 0. The molecule has 0 spiro atoms. The predicted octanol–water partition coefficient (Wildman–Crippen LogP) is 2.43. The quantitative estimate of drug-likeness (QED) is 0.654. The number of aliphatic hydroxyl groups excluding tert-OH is 1. The van der Waals surface area contributed by atoms with Crippen molar-refractivity contribution in [1.29, 1.82) is 0 Å². The lowest BCUT2D eigenvalue weighted by molar-refractivity contribution is -0.196. The molecule has 1 aromatic carbocycles. The molecular formula is C16H22O3. The van der Waals surface area contributed by atoms with Crippen LogP contribution >= 0.6 is 0 Å². The van der Waals surface area contributed by atoms with Crippen molar-refractivity contribution in [3.63, 3.8) is 0 Å². The molecule has 0 bridgehead atoms. The molecule has 0 amide bonds. The smallest absolute Gasteiger partial charge is 0.164 e. The number of hydrogen-bond donors (Lipinski definition) is 1. The molecule has 0 unspecified atom stereocenters. The van der Waals surface area contributed by atoms with E-state index in [4.69, 9.17) is 9.47 Å². The number of methoxy groups -OCH3 is 2. The van der Waals surface area contributed by atoms with Crippen molar-refractivity contribution >= 4 is 0 Å². The molecule has 19 heavy (non-hydrogen) atoms. The first-order valence-corrected chi connectivity index (χ1v) is 6.30. The van der Waals surface area contributed by atoms with Crippen molar-refractivity contribution in [2.45, 2.75) is 32.7 Å². The Morgan fingerprint density at radius 3 is 2.26 bits per heavy atom. The first-order valence-electron chi connectivity index (χ1n) is 6.30. The topological polar surface area (TPSA) is 38.7 Å². The van der Waals surface area contributed by atoms with E-state index in [1.165, 1.54) is 0 Å². The van der Waals surface area contributed by atoms with Crippen molar-refractivity contribution in [1.82, 2.24) is 0 Å². The van der Waals surface area contributed by atoms with Gasteiger partial charge in [0.15, 0.2) is 6.29 Å². The van der Waals surface area contributed by atoms with Gasteiger partial charge in [-0.1, -0.05) is 43.9 Å². The van der Waals surface area contributed by atoms with Crippen LogP contribution in [0.3, 0.4) is 0 Å². The summed E-state index contributed by atoms with van der Waals surface area (Å²) in [6.07, 6.45) is -0.694. The van der Waals surface area contributed by atoms with Gasteiger partial charge in [0, 0.05) is 31.6 Å². The van der Waals surface area contributed by atoms with Crippen LogP contribution in [0.4, 0.5) is 0 Å². The van der Waals surface area contributed by atoms with Crippen LogP contribution in [0.5, 0.6) is 0 Å². The van der Waals surface area contributed by atoms with Crippen LogP contribution in [-0.4, -0.2) is 31.7 Å². The van der Waals surface area contributed by atoms with Gasteiger partial charge in [-0.3, -0.25) is 0 Å². The Balaban J connectivity index is 2.65. The van der Waals surface area contributed by atoms with Gasteiger partial charge in [-0.2, -0.15) is 0 Å². The van der Waals surface area contributed by atoms with Gasteiger partial charge in [0.2, 0.25) is 0 Å². The molecule has 0 aliphatic rings. The van der Waals surface area contributed by atoms with Crippen molar-refractivity contribution in [2.24, 2.45) is 5.41 Å². The molecular weight excluding hydrogens is 240 g/mol. The molecule has 3 heteroatoms. The van der Waals surface area contributed by atoms with E-state index in [-0.39, 0.29) is 0 Å². The number of aliphatic hydroxyl groups is 1. The molecule has 0 saturated carbocycles. The number of ether oxygens (including phenoxy) is 2. The van der Waals surface area contributed by atoms with Crippen molar-refractivity contribution in [3.8, 4) is 11.8 Å². The maximum absolute atomic E-state index is 10.2. The minimum atomic E-state index is -0.617. The summed E-state index contributed by atoms with van der Waals surface area (Å²) in [5.41, 5.74) is 0.428. The Morgan fingerprint density at radius 2 is 1.74 bits per heavy atom.